The normalized spacial score (nSPS) is 13.5. The van der Waals surface area contributed by atoms with E-state index in [1.807, 2.05) is 43.3 Å². The van der Waals surface area contributed by atoms with Crippen LogP contribution in [0.5, 0.6) is 23.0 Å². The molecule has 0 saturated heterocycles. The first-order valence-corrected chi connectivity index (χ1v) is 17.0. The van der Waals surface area contributed by atoms with Crippen LogP contribution >= 0.6 is 0 Å². The topological polar surface area (TPSA) is 149 Å². The monoisotopic (exact) mass is 719 g/mol. The molecule has 2 aliphatic rings. The van der Waals surface area contributed by atoms with Crippen molar-refractivity contribution >= 4 is 67.6 Å². The molecule has 5 aromatic rings. The third kappa shape index (κ3) is 6.71. The Morgan fingerprint density at radius 3 is 2.28 bits per heavy atom. The number of carbonyl (C=O) groups is 4. The second-order valence-electron chi connectivity index (χ2n) is 13.0. The third-order valence-electron chi connectivity index (χ3n) is 9.29. The van der Waals surface area contributed by atoms with E-state index in [0.29, 0.717) is 46.7 Å². The van der Waals surface area contributed by atoms with Crippen LogP contribution in [0, 0.1) is 0 Å². The lowest BCUT2D eigenvalue weighted by Gasteiger charge is -2.22. The van der Waals surface area contributed by atoms with Gasteiger partial charge in [-0.1, -0.05) is 24.3 Å². The van der Waals surface area contributed by atoms with Crippen LogP contribution in [-0.2, 0) is 20.9 Å². The van der Waals surface area contributed by atoms with Crippen LogP contribution in [0.4, 0.5) is 16.2 Å². The van der Waals surface area contributed by atoms with E-state index in [9.17, 15) is 24.0 Å². The maximum absolute atomic E-state index is 14.4. The number of nitrogens with one attached hydrogen (secondary N) is 1. The second-order valence-corrected chi connectivity index (χ2v) is 13.0. The number of amides is 4. The van der Waals surface area contributed by atoms with E-state index in [1.165, 1.54) is 37.3 Å². The fourth-order valence-corrected chi connectivity index (χ4v) is 6.56. The van der Waals surface area contributed by atoms with E-state index in [-0.39, 0.29) is 49.1 Å². The van der Waals surface area contributed by atoms with Gasteiger partial charge in [-0.05, 0) is 62.3 Å². The minimum absolute atomic E-state index is 0.0365. The minimum Gasteiger partial charge on any atom is -0.493 e. The Morgan fingerprint density at radius 1 is 0.830 bits per heavy atom. The van der Waals surface area contributed by atoms with Gasteiger partial charge in [0, 0.05) is 61.4 Å². The molecule has 2 aliphatic heterocycles. The number of ether oxygens (including phenoxy) is 4. The number of hydrogen-bond acceptors (Lipinski definition) is 10. The molecule has 14 nitrogen and oxygen atoms in total. The zero-order chi connectivity index (χ0) is 37.4. The predicted molar refractivity (Wildman–Crippen MR) is 199 cm³/mol. The number of pyridine rings is 1. The number of hydrogen-bond donors (Lipinski definition) is 1. The van der Waals surface area contributed by atoms with E-state index < -0.39 is 17.9 Å². The van der Waals surface area contributed by atoms with Gasteiger partial charge in [-0.25, -0.2) is 4.79 Å². The van der Waals surface area contributed by atoms with Gasteiger partial charge in [-0.15, -0.1) is 0 Å². The molecule has 4 aromatic carbocycles. The highest BCUT2D eigenvalue weighted by Crippen LogP contribution is 2.41. The molecule has 0 aliphatic carbocycles. The Morgan fingerprint density at radius 2 is 1.55 bits per heavy atom. The summed E-state index contributed by atoms with van der Waals surface area (Å²) in [6, 6.07) is 17.7. The first-order valence-electron chi connectivity index (χ1n) is 17.0. The van der Waals surface area contributed by atoms with Gasteiger partial charge in [0.25, 0.3) is 17.4 Å². The Hall–Kier alpha value is -6.41. The van der Waals surface area contributed by atoms with Crippen molar-refractivity contribution in [1.82, 2.24) is 14.4 Å². The smallest absolute Gasteiger partial charge is 0.419 e. The molecule has 14 heteroatoms. The van der Waals surface area contributed by atoms with Crippen molar-refractivity contribution < 1.29 is 38.1 Å². The lowest BCUT2D eigenvalue weighted by molar-refractivity contribution is -0.137. The Kier molecular flexibility index (Phi) is 9.45. The number of aromatic nitrogens is 1. The highest BCUT2D eigenvalue weighted by molar-refractivity contribution is 6.16. The molecule has 1 aromatic heterocycles. The fourth-order valence-electron chi connectivity index (χ4n) is 6.56. The number of para-hydroxylation sites is 2. The van der Waals surface area contributed by atoms with E-state index >= 15 is 0 Å². The molecule has 1 N–H and O–H groups in total. The number of methoxy groups -OCH3 is 1. The van der Waals surface area contributed by atoms with Gasteiger partial charge >= 0.3 is 6.09 Å². The Balaban J connectivity index is 1.18. The van der Waals surface area contributed by atoms with E-state index in [2.05, 4.69) is 5.32 Å². The summed E-state index contributed by atoms with van der Waals surface area (Å²) in [5, 5.41) is 6.29. The van der Waals surface area contributed by atoms with Gasteiger partial charge < -0.3 is 33.7 Å². The summed E-state index contributed by atoms with van der Waals surface area (Å²) in [7, 11) is 6.83. The number of carbonyl (C=O) groups excluding carboxylic acids is 4. The summed E-state index contributed by atoms with van der Waals surface area (Å²) in [6.45, 7) is 1.22. The summed E-state index contributed by atoms with van der Waals surface area (Å²) >= 11 is 0. The second kappa shape index (κ2) is 14.3. The molecule has 272 valence electrons. The van der Waals surface area contributed by atoms with Crippen LogP contribution in [0.1, 0.15) is 12.8 Å². The summed E-state index contributed by atoms with van der Waals surface area (Å²) < 4.78 is 24.6. The van der Waals surface area contributed by atoms with Gasteiger partial charge in [0.05, 0.1) is 29.4 Å². The van der Waals surface area contributed by atoms with Crippen molar-refractivity contribution in [2.24, 2.45) is 0 Å². The molecule has 0 radical (unpaired) electrons. The van der Waals surface area contributed by atoms with Crippen molar-refractivity contribution in [2.75, 3.05) is 58.4 Å². The number of fused-ring (bicyclic) bond motifs is 6. The van der Waals surface area contributed by atoms with Crippen molar-refractivity contribution in [3.8, 4) is 23.0 Å². The van der Waals surface area contributed by atoms with Crippen LogP contribution in [-0.4, -0.2) is 86.3 Å². The first kappa shape index (κ1) is 35.0. The highest BCUT2D eigenvalue weighted by Gasteiger charge is 2.25. The van der Waals surface area contributed by atoms with Gasteiger partial charge in [0.15, 0.2) is 23.0 Å². The number of anilines is 2. The molecule has 4 amide bonds. The van der Waals surface area contributed by atoms with Crippen molar-refractivity contribution in [1.29, 1.82) is 0 Å². The van der Waals surface area contributed by atoms with Crippen LogP contribution in [0.15, 0.2) is 77.6 Å². The van der Waals surface area contributed by atoms with E-state index in [1.54, 1.807) is 34.9 Å². The molecule has 0 bridgehead atoms. The summed E-state index contributed by atoms with van der Waals surface area (Å²) in [5.74, 6) is 0.351. The maximum atomic E-state index is 14.4. The van der Waals surface area contributed by atoms with Crippen LogP contribution < -0.4 is 34.7 Å². The van der Waals surface area contributed by atoms with E-state index in [4.69, 9.17) is 18.9 Å². The minimum atomic E-state index is -0.793. The molecule has 0 atom stereocenters. The average molecular weight is 720 g/mol. The van der Waals surface area contributed by atoms with Crippen molar-refractivity contribution in [2.45, 2.75) is 19.4 Å². The van der Waals surface area contributed by atoms with Crippen molar-refractivity contribution in [3.63, 3.8) is 0 Å². The molecular formula is C39H37N5O9. The molecular weight excluding hydrogens is 682 g/mol. The molecule has 7 rings (SSSR count). The van der Waals surface area contributed by atoms with Crippen molar-refractivity contribution in [3.05, 3.63) is 83.2 Å². The molecule has 53 heavy (non-hydrogen) atoms. The Bertz CT molecular complexity index is 2400. The van der Waals surface area contributed by atoms with Gasteiger partial charge in [0.2, 0.25) is 12.7 Å². The zero-order valence-corrected chi connectivity index (χ0v) is 29.6. The zero-order valence-electron chi connectivity index (χ0n) is 29.6. The summed E-state index contributed by atoms with van der Waals surface area (Å²) in [5.41, 5.74) is 1.17. The van der Waals surface area contributed by atoms with Gasteiger partial charge in [-0.2, -0.15) is 0 Å². The largest absolute Gasteiger partial charge is 0.493 e. The predicted octanol–water partition coefficient (Wildman–Crippen LogP) is 4.89. The Labute approximate surface area is 303 Å². The van der Waals surface area contributed by atoms with E-state index in [0.717, 1.165) is 26.6 Å². The lowest BCUT2D eigenvalue weighted by Crippen LogP contribution is -2.32. The molecule has 0 spiro atoms. The van der Waals surface area contributed by atoms with Crippen LogP contribution in [0.2, 0.25) is 0 Å². The summed E-state index contributed by atoms with van der Waals surface area (Å²) in [6.07, 6.45) is 1.90. The number of imide groups is 1. The number of nitrogens with zero attached hydrogens (tertiary/aromatic N) is 4. The number of likely N-dealkylation sites (N-methyl/N-ethyl adjacent to an activating group) is 1. The molecule has 0 unspecified atom stereocenters. The van der Waals surface area contributed by atoms with Gasteiger partial charge in [0.1, 0.15) is 0 Å². The lowest BCUT2D eigenvalue weighted by atomic mass is 10.00. The molecule has 0 saturated carbocycles. The summed E-state index contributed by atoms with van der Waals surface area (Å²) in [4.78, 5) is 68.8. The fraction of sp³-hybridized carbons (Fsp3) is 0.256. The standard InChI is InChI=1S/C39H37N5O9/c1-41(2)16-17-44-37-24(12-11-23-18-31-32(19-25(23)37)52-22-51-31)26-20-30(50-4)33(21-27(26)38(44)48)53-39(49)42(3)29-9-6-5-8-28(29)40-34(45)10-7-15-43-35(46)13-14-36(43)47/h5-6,8-9,11-14,18-21H,7,10,15-17,22H2,1-4H3,(H,40,45). The first-order chi connectivity index (χ1) is 25.5. The highest BCUT2D eigenvalue weighted by atomic mass is 16.7. The van der Waals surface area contributed by atoms with Gasteiger partial charge in [-0.3, -0.25) is 29.0 Å². The number of benzene rings is 4. The number of rotatable bonds is 11. The third-order valence-corrected chi connectivity index (χ3v) is 9.29. The molecule has 3 heterocycles. The maximum Gasteiger partial charge on any atom is 0.419 e. The molecule has 0 fully saturated rings. The SMILES string of the molecule is COc1cc2c(cc1OC(=O)N(C)c1ccccc1NC(=O)CCCN1C(=O)C=CC1=O)c(=O)n(CCN(C)C)c1c3cc4c(cc3ccc21)OCO4. The van der Waals surface area contributed by atoms with Crippen LogP contribution in [0.3, 0.4) is 0 Å². The average Bonchev–Trinajstić information content (AvgIpc) is 3.74. The van der Waals surface area contributed by atoms with Crippen LogP contribution in [0.25, 0.3) is 32.4 Å². The quantitative estimate of drug-likeness (QED) is 0.148.